The first-order chi connectivity index (χ1) is 9.43. The molecule has 1 atom stereocenters. The monoisotopic (exact) mass is 296 g/mol. The van der Waals surface area contributed by atoms with Gasteiger partial charge >= 0.3 is 0 Å². The molecule has 1 rings (SSSR count). The van der Waals surface area contributed by atoms with Crippen LogP contribution in [0.25, 0.3) is 0 Å². The van der Waals surface area contributed by atoms with Crippen molar-refractivity contribution in [2.75, 3.05) is 25.0 Å². The van der Waals surface area contributed by atoms with Crippen LogP contribution in [0.1, 0.15) is 39.7 Å². The van der Waals surface area contributed by atoms with Gasteiger partial charge in [-0.25, -0.2) is 0 Å². The fraction of sp³-hybridized carbons (Fsp3) is 0.647. The molecule has 1 unspecified atom stereocenters. The van der Waals surface area contributed by atoms with Gasteiger partial charge in [-0.3, -0.25) is 0 Å². The summed E-state index contributed by atoms with van der Waals surface area (Å²) in [5.74, 6) is 1.36. The molecule has 0 saturated carbocycles. The van der Waals surface area contributed by atoms with Crippen molar-refractivity contribution >= 4 is 17.3 Å². The molecule has 0 heterocycles. The fourth-order valence-electron chi connectivity index (χ4n) is 2.26. The molecule has 0 aliphatic rings. The van der Waals surface area contributed by atoms with Crippen molar-refractivity contribution < 1.29 is 0 Å². The van der Waals surface area contributed by atoms with E-state index in [4.69, 9.17) is 11.6 Å². The molecule has 0 aromatic heterocycles. The van der Waals surface area contributed by atoms with Crippen LogP contribution in [-0.4, -0.2) is 20.1 Å². The second-order valence-corrected chi connectivity index (χ2v) is 6.63. The van der Waals surface area contributed by atoms with Crippen LogP contribution in [0.4, 0.5) is 5.69 Å². The first-order valence-electron chi connectivity index (χ1n) is 7.64. The highest BCUT2D eigenvalue weighted by Gasteiger charge is 2.10. The lowest BCUT2D eigenvalue weighted by atomic mass is 10.1. The Hall–Kier alpha value is -0.730. The lowest BCUT2D eigenvalue weighted by molar-refractivity contribution is 0.546. The number of nitrogens with zero attached hydrogens (tertiary/aromatic N) is 1. The van der Waals surface area contributed by atoms with Gasteiger partial charge in [-0.1, -0.05) is 45.7 Å². The van der Waals surface area contributed by atoms with E-state index in [0.717, 1.165) is 24.7 Å². The molecular formula is C17H29ClN2. The molecule has 1 N–H and O–H groups in total. The summed E-state index contributed by atoms with van der Waals surface area (Å²) in [6.45, 7) is 12.0. The van der Waals surface area contributed by atoms with Gasteiger partial charge in [-0.05, 0) is 42.1 Å². The Labute approximate surface area is 129 Å². The largest absolute Gasteiger partial charge is 0.374 e. The molecule has 0 radical (unpaired) electrons. The third-order valence-corrected chi connectivity index (χ3v) is 3.84. The van der Waals surface area contributed by atoms with Gasteiger partial charge in [0.1, 0.15) is 0 Å². The lowest BCUT2D eigenvalue weighted by Crippen LogP contribution is -2.26. The van der Waals surface area contributed by atoms with Crippen molar-refractivity contribution in [1.82, 2.24) is 5.32 Å². The molecular weight excluding hydrogens is 268 g/mol. The maximum absolute atomic E-state index is 6.15. The average molecular weight is 297 g/mol. The van der Waals surface area contributed by atoms with Crippen LogP contribution < -0.4 is 10.2 Å². The van der Waals surface area contributed by atoms with Gasteiger partial charge in [-0.2, -0.15) is 0 Å². The number of benzene rings is 1. The minimum Gasteiger partial charge on any atom is -0.374 e. The van der Waals surface area contributed by atoms with Crippen LogP contribution in [0.5, 0.6) is 0 Å². The van der Waals surface area contributed by atoms with Crippen molar-refractivity contribution in [3.8, 4) is 0 Å². The minimum atomic E-state index is 0.662. The summed E-state index contributed by atoms with van der Waals surface area (Å²) < 4.78 is 0. The van der Waals surface area contributed by atoms with Gasteiger partial charge in [0.2, 0.25) is 0 Å². The van der Waals surface area contributed by atoms with E-state index in [-0.39, 0.29) is 0 Å². The second-order valence-electron chi connectivity index (χ2n) is 6.19. The zero-order valence-corrected chi connectivity index (χ0v) is 14.3. The first kappa shape index (κ1) is 17.3. The van der Waals surface area contributed by atoms with Crippen LogP contribution in [0.15, 0.2) is 18.2 Å². The van der Waals surface area contributed by atoms with Crippen LogP contribution in [0.2, 0.25) is 5.02 Å². The van der Waals surface area contributed by atoms with Gasteiger partial charge < -0.3 is 10.2 Å². The van der Waals surface area contributed by atoms with E-state index in [2.05, 4.69) is 57.1 Å². The number of rotatable bonds is 8. The zero-order valence-electron chi connectivity index (χ0n) is 13.5. The van der Waals surface area contributed by atoms with Gasteiger partial charge in [-0.15, -0.1) is 0 Å². The maximum atomic E-state index is 6.15. The van der Waals surface area contributed by atoms with Crippen molar-refractivity contribution in [2.45, 2.75) is 40.7 Å². The smallest absolute Gasteiger partial charge is 0.0410 e. The van der Waals surface area contributed by atoms with Gasteiger partial charge in [0.05, 0.1) is 0 Å². The summed E-state index contributed by atoms with van der Waals surface area (Å²) in [5.41, 5.74) is 2.56. The van der Waals surface area contributed by atoms with Crippen molar-refractivity contribution in [3.05, 3.63) is 28.8 Å². The number of anilines is 1. The van der Waals surface area contributed by atoms with E-state index in [1.807, 2.05) is 6.07 Å². The molecule has 0 aliphatic heterocycles. The van der Waals surface area contributed by atoms with Crippen LogP contribution in [0.3, 0.4) is 0 Å². The van der Waals surface area contributed by atoms with Crippen molar-refractivity contribution in [3.63, 3.8) is 0 Å². The Balaban J connectivity index is 2.78. The van der Waals surface area contributed by atoms with Crippen LogP contribution in [-0.2, 0) is 6.54 Å². The predicted octanol–water partition coefficient (Wildman–Crippen LogP) is 4.57. The molecule has 114 valence electrons. The van der Waals surface area contributed by atoms with Crippen molar-refractivity contribution in [2.24, 2.45) is 11.8 Å². The maximum Gasteiger partial charge on any atom is 0.0410 e. The Kier molecular flexibility index (Phi) is 7.39. The molecule has 1 aromatic rings. The molecule has 3 heteroatoms. The molecule has 1 aromatic carbocycles. The van der Waals surface area contributed by atoms with E-state index in [1.54, 1.807) is 0 Å². The SMILES string of the molecule is CCC(C)CN(C)c1ccc(Cl)cc1CNCC(C)C. The van der Waals surface area contributed by atoms with Gasteiger partial charge in [0.15, 0.2) is 0 Å². The Morgan fingerprint density at radius 1 is 1.25 bits per heavy atom. The van der Waals surface area contributed by atoms with E-state index in [9.17, 15) is 0 Å². The Morgan fingerprint density at radius 2 is 1.95 bits per heavy atom. The zero-order chi connectivity index (χ0) is 15.1. The molecule has 0 aliphatic carbocycles. The second kappa shape index (κ2) is 8.53. The third-order valence-electron chi connectivity index (χ3n) is 3.60. The fourth-order valence-corrected chi connectivity index (χ4v) is 2.45. The summed E-state index contributed by atoms with van der Waals surface area (Å²) >= 11 is 6.15. The molecule has 0 saturated heterocycles. The Morgan fingerprint density at radius 3 is 2.55 bits per heavy atom. The van der Waals surface area contributed by atoms with E-state index >= 15 is 0 Å². The number of halogens is 1. The normalized spacial score (nSPS) is 12.8. The molecule has 0 spiro atoms. The van der Waals surface area contributed by atoms with Gasteiger partial charge in [0.25, 0.3) is 0 Å². The summed E-state index contributed by atoms with van der Waals surface area (Å²) in [4.78, 5) is 2.34. The summed E-state index contributed by atoms with van der Waals surface area (Å²) in [7, 11) is 2.17. The van der Waals surface area contributed by atoms with Crippen molar-refractivity contribution in [1.29, 1.82) is 0 Å². The topological polar surface area (TPSA) is 15.3 Å². The number of nitrogens with one attached hydrogen (secondary N) is 1. The molecule has 0 bridgehead atoms. The highest BCUT2D eigenvalue weighted by atomic mass is 35.5. The summed E-state index contributed by atoms with van der Waals surface area (Å²) in [6.07, 6.45) is 1.21. The first-order valence-corrected chi connectivity index (χ1v) is 8.02. The summed E-state index contributed by atoms with van der Waals surface area (Å²) in [6, 6.07) is 6.20. The van der Waals surface area contributed by atoms with Crippen LogP contribution >= 0.6 is 11.6 Å². The summed E-state index contributed by atoms with van der Waals surface area (Å²) in [5, 5.41) is 4.32. The molecule has 0 amide bonds. The molecule has 2 nitrogen and oxygen atoms in total. The van der Waals surface area contributed by atoms with E-state index in [1.165, 1.54) is 17.7 Å². The standard InChI is InChI=1S/C17H29ClN2/c1-6-14(4)12-20(5)17-8-7-16(18)9-15(17)11-19-10-13(2)3/h7-9,13-14,19H,6,10-12H2,1-5H3. The van der Waals surface area contributed by atoms with Crippen LogP contribution in [0, 0.1) is 11.8 Å². The highest BCUT2D eigenvalue weighted by molar-refractivity contribution is 6.30. The quantitative estimate of drug-likeness (QED) is 0.756. The molecule has 20 heavy (non-hydrogen) atoms. The lowest BCUT2D eigenvalue weighted by Gasteiger charge is -2.26. The third kappa shape index (κ3) is 5.72. The molecule has 0 fully saturated rings. The van der Waals surface area contributed by atoms with Gasteiger partial charge in [0, 0.05) is 30.8 Å². The number of hydrogen-bond donors (Lipinski definition) is 1. The highest BCUT2D eigenvalue weighted by Crippen LogP contribution is 2.24. The average Bonchev–Trinajstić information content (AvgIpc) is 2.38. The minimum absolute atomic E-state index is 0.662. The number of hydrogen-bond acceptors (Lipinski definition) is 2. The Bertz CT molecular complexity index is 404. The predicted molar refractivity (Wildman–Crippen MR) is 90.7 cm³/mol. The van der Waals surface area contributed by atoms with E-state index < -0.39 is 0 Å². The van der Waals surface area contributed by atoms with E-state index in [0.29, 0.717) is 11.8 Å².